The first-order valence-corrected chi connectivity index (χ1v) is 9.64. The van der Waals surface area contributed by atoms with Gasteiger partial charge in [0.15, 0.2) is 0 Å². The lowest BCUT2D eigenvalue weighted by atomic mass is 10.0. The number of aromatic nitrogens is 2. The third-order valence-electron chi connectivity index (χ3n) is 4.53. The number of benzene rings is 1. The molecule has 5 nitrogen and oxygen atoms in total. The second-order valence-electron chi connectivity index (χ2n) is 6.33. The van der Waals surface area contributed by atoms with Crippen LogP contribution >= 0.6 is 11.3 Å². The molecule has 0 bridgehead atoms. The van der Waals surface area contributed by atoms with E-state index in [-0.39, 0.29) is 18.0 Å². The van der Waals surface area contributed by atoms with E-state index in [1.54, 1.807) is 6.92 Å². The van der Waals surface area contributed by atoms with Crippen molar-refractivity contribution < 1.29 is 4.79 Å². The van der Waals surface area contributed by atoms with Crippen LogP contribution in [0.25, 0.3) is 10.2 Å². The van der Waals surface area contributed by atoms with Gasteiger partial charge in [0, 0.05) is 10.6 Å². The summed E-state index contributed by atoms with van der Waals surface area (Å²) in [5.74, 6) is 0.345. The monoisotopic (exact) mass is 369 g/mol. The molecule has 1 aromatic carbocycles. The molecule has 1 amide bonds. The predicted molar refractivity (Wildman–Crippen MR) is 107 cm³/mol. The van der Waals surface area contributed by atoms with E-state index in [2.05, 4.69) is 24.1 Å². The van der Waals surface area contributed by atoms with Crippen LogP contribution in [0.2, 0.25) is 0 Å². The minimum Gasteiger partial charge on any atom is -0.324 e. The molecule has 2 aromatic heterocycles. The summed E-state index contributed by atoms with van der Waals surface area (Å²) in [5.41, 5.74) is 2.91. The van der Waals surface area contributed by atoms with Crippen LogP contribution in [0, 0.1) is 13.8 Å². The Kier molecular flexibility index (Phi) is 5.23. The van der Waals surface area contributed by atoms with Crippen LogP contribution in [0.3, 0.4) is 0 Å². The van der Waals surface area contributed by atoms with Crippen molar-refractivity contribution >= 4 is 33.1 Å². The third-order valence-corrected chi connectivity index (χ3v) is 5.47. The summed E-state index contributed by atoms with van der Waals surface area (Å²) >= 11 is 1.50. The highest BCUT2D eigenvalue weighted by Crippen LogP contribution is 2.23. The largest absolute Gasteiger partial charge is 0.324 e. The fourth-order valence-corrected chi connectivity index (χ4v) is 4.07. The van der Waals surface area contributed by atoms with Crippen molar-refractivity contribution in [2.75, 3.05) is 5.32 Å². The third kappa shape index (κ3) is 3.42. The van der Waals surface area contributed by atoms with Crippen molar-refractivity contribution in [3.63, 3.8) is 0 Å². The van der Waals surface area contributed by atoms with Crippen molar-refractivity contribution in [1.82, 2.24) is 9.55 Å². The number of aryl methyl sites for hydroxylation is 4. The van der Waals surface area contributed by atoms with E-state index >= 15 is 0 Å². The van der Waals surface area contributed by atoms with E-state index in [0.29, 0.717) is 11.2 Å². The fraction of sp³-hybridized carbons (Fsp3) is 0.350. The summed E-state index contributed by atoms with van der Waals surface area (Å²) in [5, 5.41) is 3.59. The number of rotatable bonds is 5. The average molecular weight is 369 g/mol. The van der Waals surface area contributed by atoms with E-state index in [9.17, 15) is 9.59 Å². The van der Waals surface area contributed by atoms with Crippen LogP contribution in [0.5, 0.6) is 0 Å². The molecule has 0 saturated carbocycles. The highest BCUT2D eigenvalue weighted by molar-refractivity contribution is 7.18. The zero-order chi connectivity index (χ0) is 18.8. The predicted octanol–water partition coefficient (Wildman–Crippen LogP) is 3.84. The lowest BCUT2D eigenvalue weighted by Gasteiger charge is -2.15. The molecular formula is C20H23N3O2S. The molecule has 3 aromatic rings. The Bertz CT molecular complexity index is 1010. The van der Waals surface area contributed by atoms with Crippen LogP contribution in [-0.2, 0) is 24.2 Å². The molecule has 0 spiro atoms. The Balaban J connectivity index is 1.92. The molecular weight excluding hydrogens is 346 g/mol. The van der Waals surface area contributed by atoms with Gasteiger partial charge in [0.05, 0.1) is 5.39 Å². The number of carbonyl (C=O) groups excluding carboxylic acids is 1. The van der Waals surface area contributed by atoms with Gasteiger partial charge in [-0.1, -0.05) is 32.0 Å². The number of hydrogen-bond acceptors (Lipinski definition) is 4. The maximum atomic E-state index is 12.7. The topological polar surface area (TPSA) is 64.0 Å². The number of amides is 1. The zero-order valence-electron chi connectivity index (χ0n) is 15.5. The average Bonchev–Trinajstić information content (AvgIpc) is 2.99. The summed E-state index contributed by atoms with van der Waals surface area (Å²) < 4.78 is 1.45. The van der Waals surface area contributed by atoms with Gasteiger partial charge in [-0.15, -0.1) is 11.3 Å². The van der Waals surface area contributed by atoms with E-state index in [1.807, 2.05) is 31.2 Å². The minimum atomic E-state index is -0.209. The van der Waals surface area contributed by atoms with Crippen LogP contribution in [0.4, 0.5) is 5.69 Å². The van der Waals surface area contributed by atoms with Crippen LogP contribution < -0.4 is 10.9 Å². The van der Waals surface area contributed by atoms with Crippen molar-refractivity contribution in [2.45, 2.75) is 47.1 Å². The number of anilines is 1. The molecule has 0 aliphatic carbocycles. The normalized spacial score (nSPS) is 11.1. The number of carbonyl (C=O) groups is 1. The second-order valence-corrected chi connectivity index (χ2v) is 7.57. The molecule has 3 rings (SSSR count). The molecule has 6 heteroatoms. The molecule has 0 fully saturated rings. The summed E-state index contributed by atoms with van der Waals surface area (Å²) in [6, 6.07) is 7.89. The second kappa shape index (κ2) is 7.41. The van der Waals surface area contributed by atoms with Crippen molar-refractivity contribution in [1.29, 1.82) is 0 Å². The minimum absolute atomic E-state index is 0.0380. The van der Waals surface area contributed by atoms with Crippen molar-refractivity contribution in [3.05, 3.63) is 56.4 Å². The van der Waals surface area contributed by atoms with Gasteiger partial charge >= 0.3 is 0 Å². The zero-order valence-corrected chi connectivity index (χ0v) is 16.4. The quantitative estimate of drug-likeness (QED) is 0.743. The first-order chi connectivity index (χ1) is 12.4. The van der Waals surface area contributed by atoms with Gasteiger partial charge in [0.1, 0.15) is 17.2 Å². The van der Waals surface area contributed by atoms with Crippen molar-refractivity contribution in [3.8, 4) is 0 Å². The smallest absolute Gasteiger partial charge is 0.262 e. The highest BCUT2D eigenvalue weighted by Gasteiger charge is 2.15. The first kappa shape index (κ1) is 18.3. The van der Waals surface area contributed by atoms with Crippen LogP contribution in [0.1, 0.15) is 35.7 Å². The maximum absolute atomic E-state index is 12.7. The Hall–Kier alpha value is -2.47. The summed E-state index contributed by atoms with van der Waals surface area (Å²) in [6.07, 6.45) is 1.67. The lowest BCUT2D eigenvalue weighted by Crippen LogP contribution is -2.30. The van der Waals surface area contributed by atoms with E-state index in [4.69, 9.17) is 0 Å². The number of hydrogen-bond donors (Lipinski definition) is 1. The molecule has 136 valence electrons. The maximum Gasteiger partial charge on any atom is 0.262 e. The Labute approximate surface area is 156 Å². The van der Waals surface area contributed by atoms with Gasteiger partial charge in [-0.2, -0.15) is 0 Å². The standard InChI is InChI=1S/C20H23N3O2S/c1-5-14-8-7-9-15(6-2)18(14)22-17(24)11-23-13(4)21-19-16(20(23)25)10-12(3)26-19/h7-10H,5-6,11H2,1-4H3,(H,22,24). The van der Waals surface area contributed by atoms with E-state index in [1.165, 1.54) is 15.9 Å². The Morgan fingerprint density at radius 1 is 1.19 bits per heavy atom. The summed E-state index contributed by atoms with van der Waals surface area (Å²) in [7, 11) is 0. The molecule has 26 heavy (non-hydrogen) atoms. The number of thiophene rings is 1. The Morgan fingerprint density at radius 3 is 2.46 bits per heavy atom. The van der Waals surface area contributed by atoms with E-state index in [0.717, 1.165) is 39.4 Å². The van der Waals surface area contributed by atoms with Crippen LogP contribution in [-0.4, -0.2) is 15.5 Å². The van der Waals surface area contributed by atoms with Gasteiger partial charge in [0.2, 0.25) is 5.91 Å². The van der Waals surface area contributed by atoms with Crippen LogP contribution in [0.15, 0.2) is 29.1 Å². The van der Waals surface area contributed by atoms with Crippen molar-refractivity contribution in [2.24, 2.45) is 0 Å². The molecule has 0 aliphatic rings. The molecule has 1 N–H and O–H groups in total. The number of nitrogens with one attached hydrogen (secondary N) is 1. The van der Waals surface area contributed by atoms with Gasteiger partial charge < -0.3 is 5.32 Å². The Morgan fingerprint density at radius 2 is 1.85 bits per heavy atom. The number of para-hydroxylation sites is 1. The first-order valence-electron chi connectivity index (χ1n) is 8.82. The lowest BCUT2D eigenvalue weighted by molar-refractivity contribution is -0.116. The molecule has 0 radical (unpaired) electrons. The highest BCUT2D eigenvalue weighted by atomic mass is 32.1. The number of nitrogens with zero attached hydrogens (tertiary/aromatic N) is 2. The van der Waals surface area contributed by atoms with Gasteiger partial charge in [-0.25, -0.2) is 4.98 Å². The van der Waals surface area contributed by atoms with Gasteiger partial charge in [-0.05, 0) is 43.9 Å². The van der Waals surface area contributed by atoms with Gasteiger partial charge in [-0.3, -0.25) is 14.2 Å². The molecule has 0 atom stereocenters. The number of fused-ring (bicyclic) bond motifs is 1. The summed E-state index contributed by atoms with van der Waals surface area (Å²) in [6.45, 7) is 7.81. The van der Waals surface area contributed by atoms with Gasteiger partial charge in [0.25, 0.3) is 5.56 Å². The molecule has 0 unspecified atom stereocenters. The fourth-order valence-electron chi connectivity index (χ4n) is 3.15. The molecule has 2 heterocycles. The molecule has 0 saturated heterocycles. The summed E-state index contributed by atoms with van der Waals surface area (Å²) in [4.78, 5) is 31.7. The SMILES string of the molecule is CCc1cccc(CC)c1NC(=O)Cn1c(C)nc2sc(C)cc2c1=O. The molecule has 0 aliphatic heterocycles. The van der Waals surface area contributed by atoms with E-state index < -0.39 is 0 Å².